The van der Waals surface area contributed by atoms with Crippen LogP contribution in [0.25, 0.3) is 5.57 Å². The molecule has 9 heteroatoms. The van der Waals surface area contributed by atoms with Crippen molar-refractivity contribution in [3.05, 3.63) is 11.8 Å². The van der Waals surface area contributed by atoms with Gasteiger partial charge in [-0.1, -0.05) is 6.08 Å². The van der Waals surface area contributed by atoms with E-state index in [0.29, 0.717) is 0 Å². The van der Waals surface area contributed by atoms with Crippen molar-refractivity contribution in [1.29, 1.82) is 0 Å². The van der Waals surface area contributed by atoms with Crippen LogP contribution in [0.3, 0.4) is 0 Å². The summed E-state index contributed by atoms with van der Waals surface area (Å²) in [6, 6.07) is 0. The van der Waals surface area contributed by atoms with E-state index in [4.69, 9.17) is 19.8 Å². The Morgan fingerprint density at radius 1 is 1.35 bits per heavy atom. The molecule has 1 aromatic heterocycles. The largest absolute Gasteiger partial charge is 0.473 e. The quantitative estimate of drug-likeness (QED) is 0.618. The Labute approximate surface area is 124 Å². The molecule has 2 rings (SSSR count). The molecule has 0 amide bonds. The number of aliphatic carboxylic acids is 2. The van der Waals surface area contributed by atoms with Gasteiger partial charge in [-0.25, -0.2) is 9.59 Å². The molecule has 7 nitrogen and oxygen atoms in total. The van der Waals surface area contributed by atoms with E-state index >= 15 is 0 Å². The number of carboxylic acids is 2. The maximum Gasteiger partial charge on any atom is 0.414 e. The van der Waals surface area contributed by atoms with E-state index in [9.17, 15) is 0 Å². The van der Waals surface area contributed by atoms with Crippen LogP contribution in [0.4, 0.5) is 0 Å². The molecule has 2 N–H and O–H groups in total. The third-order valence-corrected chi connectivity index (χ3v) is 3.80. The summed E-state index contributed by atoms with van der Waals surface area (Å²) in [6.07, 6.45) is 5.46. The van der Waals surface area contributed by atoms with E-state index in [1.165, 1.54) is 17.3 Å². The zero-order chi connectivity index (χ0) is 15.1. The average molecular weight is 317 g/mol. The lowest BCUT2D eigenvalue weighted by Gasteiger charge is -2.21. The second-order valence-electron chi connectivity index (χ2n) is 3.99. The predicted molar refractivity (Wildman–Crippen MR) is 77.1 cm³/mol. The van der Waals surface area contributed by atoms with Crippen molar-refractivity contribution in [2.45, 2.75) is 11.4 Å². The molecular formula is C11H15N3O4S2. The molecule has 0 saturated heterocycles. The monoisotopic (exact) mass is 317 g/mol. The third-order valence-electron chi connectivity index (χ3n) is 2.48. The van der Waals surface area contributed by atoms with Crippen LogP contribution in [0.2, 0.25) is 0 Å². The van der Waals surface area contributed by atoms with Crippen LogP contribution < -0.4 is 0 Å². The molecule has 1 aromatic rings. The van der Waals surface area contributed by atoms with Gasteiger partial charge in [-0.2, -0.15) is 8.75 Å². The van der Waals surface area contributed by atoms with Crippen LogP contribution in [0.5, 0.6) is 0 Å². The SMILES string of the molecule is CSc1nsnc1C1=CCCN(C)C1.O=C(O)C(=O)O. The van der Waals surface area contributed by atoms with Crippen LogP contribution in [0.1, 0.15) is 12.1 Å². The van der Waals surface area contributed by atoms with Crippen molar-refractivity contribution in [2.75, 3.05) is 26.4 Å². The number of hydrogen-bond acceptors (Lipinski definition) is 7. The first kappa shape index (κ1) is 16.6. The molecule has 110 valence electrons. The van der Waals surface area contributed by atoms with E-state index in [2.05, 4.69) is 26.8 Å². The highest BCUT2D eigenvalue weighted by molar-refractivity contribution is 7.98. The molecule has 0 aromatic carbocycles. The lowest BCUT2D eigenvalue weighted by Crippen LogP contribution is -2.25. The number of carbonyl (C=O) groups is 2. The summed E-state index contributed by atoms with van der Waals surface area (Å²) < 4.78 is 8.63. The Morgan fingerprint density at radius 2 is 2.00 bits per heavy atom. The first-order valence-corrected chi connectivity index (χ1v) is 7.62. The highest BCUT2D eigenvalue weighted by Crippen LogP contribution is 2.26. The van der Waals surface area contributed by atoms with Crippen LogP contribution in [-0.4, -0.2) is 62.2 Å². The van der Waals surface area contributed by atoms with Crippen molar-refractivity contribution in [2.24, 2.45) is 0 Å². The topological polar surface area (TPSA) is 104 Å². The van der Waals surface area contributed by atoms with Crippen LogP contribution in [0.15, 0.2) is 11.1 Å². The minimum absolute atomic E-state index is 0.999. The first-order valence-electron chi connectivity index (χ1n) is 5.66. The fourth-order valence-electron chi connectivity index (χ4n) is 1.58. The van der Waals surface area contributed by atoms with Gasteiger partial charge in [0.2, 0.25) is 0 Å². The van der Waals surface area contributed by atoms with E-state index in [1.54, 1.807) is 11.8 Å². The number of aromatic nitrogens is 2. The number of carboxylic acid groups (broad SMARTS) is 2. The normalized spacial score (nSPS) is 15.0. The molecule has 0 radical (unpaired) electrons. The standard InChI is InChI=1S/C9H13N3S2.C2H2O4/c1-12-5-3-4-7(6-12)8-9(13-2)11-14-10-8;3-1(4)2(5)6/h4H,3,5-6H2,1-2H3;(H,3,4)(H,5,6). The van der Waals surface area contributed by atoms with Crippen molar-refractivity contribution in [1.82, 2.24) is 13.6 Å². The van der Waals surface area contributed by atoms with Crippen LogP contribution >= 0.6 is 23.5 Å². The van der Waals surface area contributed by atoms with Gasteiger partial charge in [-0.05, 0) is 25.3 Å². The molecule has 0 atom stereocenters. The molecule has 2 heterocycles. The van der Waals surface area contributed by atoms with Gasteiger partial charge in [0.1, 0.15) is 10.7 Å². The van der Waals surface area contributed by atoms with Crippen LogP contribution in [-0.2, 0) is 9.59 Å². The summed E-state index contributed by atoms with van der Waals surface area (Å²) in [5.41, 5.74) is 2.42. The third kappa shape index (κ3) is 4.91. The van der Waals surface area contributed by atoms with Gasteiger partial charge < -0.3 is 15.1 Å². The Balaban J connectivity index is 0.000000286. The summed E-state index contributed by atoms with van der Waals surface area (Å²) in [5, 5.41) is 15.8. The second kappa shape index (κ2) is 7.98. The van der Waals surface area contributed by atoms with Crippen molar-refractivity contribution < 1.29 is 19.8 Å². The molecule has 0 fully saturated rings. The highest BCUT2D eigenvalue weighted by atomic mass is 32.2. The highest BCUT2D eigenvalue weighted by Gasteiger charge is 2.16. The molecule has 0 saturated carbocycles. The predicted octanol–water partition coefficient (Wildman–Crippen LogP) is 1.13. The van der Waals surface area contributed by atoms with Crippen molar-refractivity contribution in [3.8, 4) is 0 Å². The Bertz CT molecular complexity index is 504. The van der Waals surface area contributed by atoms with Gasteiger partial charge in [-0.3, -0.25) is 0 Å². The van der Waals surface area contributed by atoms with Gasteiger partial charge in [0.15, 0.2) is 0 Å². The summed E-state index contributed by atoms with van der Waals surface area (Å²) in [4.78, 5) is 20.5. The van der Waals surface area contributed by atoms with E-state index in [-0.39, 0.29) is 0 Å². The minimum atomic E-state index is -1.82. The molecule has 0 bridgehead atoms. The van der Waals surface area contributed by atoms with Crippen LogP contribution in [0, 0.1) is 0 Å². The van der Waals surface area contributed by atoms with E-state index in [1.807, 2.05) is 6.26 Å². The van der Waals surface area contributed by atoms with Crippen molar-refractivity contribution >= 4 is 41.0 Å². The Kier molecular flexibility index (Phi) is 6.62. The Morgan fingerprint density at radius 3 is 2.50 bits per heavy atom. The van der Waals surface area contributed by atoms with Crippen molar-refractivity contribution in [3.63, 3.8) is 0 Å². The second-order valence-corrected chi connectivity index (χ2v) is 5.31. The lowest BCUT2D eigenvalue weighted by molar-refractivity contribution is -0.159. The van der Waals surface area contributed by atoms with Gasteiger partial charge >= 0.3 is 11.9 Å². The first-order chi connectivity index (χ1) is 9.45. The van der Waals surface area contributed by atoms with Gasteiger partial charge in [0.05, 0.1) is 11.7 Å². The van der Waals surface area contributed by atoms with E-state index in [0.717, 1.165) is 30.2 Å². The molecule has 1 aliphatic rings. The number of likely N-dealkylation sites (N-methyl/N-ethyl adjacent to an activating group) is 1. The fraction of sp³-hybridized carbons (Fsp3) is 0.455. The zero-order valence-electron chi connectivity index (χ0n) is 11.1. The number of nitrogens with zero attached hydrogens (tertiary/aromatic N) is 3. The molecule has 0 spiro atoms. The number of hydrogen-bond donors (Lipinski definition) is 2. The van der Waals surface area contributed by atoms with Gasteiger partial charge in [0.25, 0.3) is 0 Å². The molecular weight excluding hydrogens is 302 g/mol. The fourth-order valence-corrected chi connectivity index (χ4v) is 2.89. The van der Waals surface area contributed by atoms with Gasteiger partial charge in [0, 0.05) is 13.1 Å². The summed E-state index contributed by atoms with van der Waals surface area (Å²) in [6.45, 7) is 2.15. The molecule has 1 aliphatic heterocycles. The lowest BCUT2D eigenvalue weighted by atomic mass is 10.1. The minimum Gasteiger partial charge on any atom is -0.473 e. The summed E-state index contributed by atoms with van der Waals surface area (Å²) >= 11 is 2.98. The van der Waals surface area contributed by atoms with E-state index < -0.39 is 11.9 Å². The number of thioether (sulfide) groups is 1. The van der Waals surface area contributed by atoms with Gasteiger partial charge in [-0.15, -0.1) is 11.8 Å². The summed E-state index contributed by atoms with van der Waals surface area (Å²) in [7, 11) is 2.14. The number of rotatable bonds is 2. The molecule has 0 unspecified atom stereocenters. The smallest absolute Gasteiger partial charge is 0.414 e. The zero-order valence-corrected chi connectivity index (χ0v) is 12.7. The molecule has 0 aliphatic carbocycles. The molecule has 20 heavy (non-hydrogen) atoms. The maximum absolute atomic E-state index is 9.10. The summed E-state index contributed by atoms with van der Waals surface area (Å²) in [5.74, 6) is -3.65. The maximum atomic E-state index is 9.10. The Hall–Kier alpha value is -1.45. The average Bonchev–Trinajstić information content (AvgIpc) is 2.87.